The third-order valence-electron chi connectivity index (χ3n) is 3.16. The van der Waals surface area contributed by atoms with Crippen molar-refractivity contribution in [3.05, 3.63) is 29.3 Å². The minimum absolute atomic E-state index is 0.0583. The summed E-state index contributed by atoms with van der Waals surface area (Å²) in [6.07, 6.45) is 0. The maximum absolute atomic E-state index is 5.75. The summed E-state index contributed by atoms with van der Waals surface area (Å²) in [6.45, 7) is 16.3. The SMILES string of the molecule is CCOCOc1ccc(C(C)(C)C)cc1C(C)(C)C. The summed E-state index contributed by atoms with van der Waals surface area (Å²) in [4.78, 5) is 0. The van der Waals surface area contributed by atoms with E-state index < -0.39 is 0 Å². The second-order valence-electron chi connectivity index (χ2n) is 6.97. The van der Waals surface area contributed by atoms with Crippen LogP contribution in [0.4, 0.5) is 0 Å². The van der Waals surface area contributed by atoms with Crippen LogP contribution >= 0.6 is 0 Å². The quantitative estimate of drug-likeness (QED) is 0.582. The Hall–Kier alpha value is -1.02. The zero-order valence-electron chi connectivity index (χ0n) is 13.5. The summed E-state index contributed by atoms with van der Waals surface area (Å²) in [5.41, 5.74) is 2.78. The molecule has 2 heteroatoms. The predicted octanol–water partition coefficient (Wildman–Crippen LogP) is 4.65. The van der Waals surface area contributed by atoms with Crippen molar-refractivity contribution in [2.45, 2.75) is 59.3 Å². The average molecular weight is 264 g/mol. The lowest BCUT2D eigenvalue weighted by Gasteiger charge is -2.27. The molecular formula is C17H28O2. The van der Waals surface area contributed by atoms with E-state index in [0.717, 1.165) is 5.75 Å². The second-order valence-corrected chi connectivity index (χ2v) is 6.97. The molecule has 0 aliphatic rings. The number of hydrogen-bond donors (Lipinski definition) is 0. The molecule has 0 aliphatic heterocycles. The maximum atomic E-state index is 5.75. The van der Waals surface area contributed by atoms with Crippen LogP contribution in [0.15, 0.2) is 18.2 Å². The minimum Gasteiger partial charge on any atom is -0.467 e. The molecule has 1 rings (SSSR count). The maximum Gasteiger partial charge on any atom is 0.189 e. The Kier molecular flexibility index (Phi) is 5.03. The van der Waals surface area contributed by atoms with Crippen LogP contribution < -0.4 is 4.74 Å². The van der Waals surface area contributed by atoms with Crippen molar-refractivity contribution >= 4 is 0 Å². The molecule has 0 unspecified atom stereocenters. The van der Waals surface area contributed by atoms with Crippen LogP contribution in [-0.4, -0.2) is 13.4 Å². The molecule has 0 aliphatic carbocycles. The third kappa shape index (κ3) is 4.54. The fourth-order valence-corrected chi connectivity index (χ4v) is 1.90. The lowest BCUT2D eigenvalue weighted by atomic mass is 9.80. The fraction of sp³-hybridized carbons (Fsp3) is 0.647. The van der Waals surface area contributed by atoms with Gasteiger partial charge in [-0.2, -0.15) is 0 Å². The molecule has 0 fully saturated rings. The average Bonchev–Trinajstić information content (AvgIpc) is 2.27. The van der Waals surface area contributed by atoms with Crippen LogP contribution in [0, 0.1) is 0 Å². The van der Waals surface area contributed by atoms with Crippen molar-refractivity contribution in [2.24, 2.45) is 0 Å². The first-order valence-electron chi connectivity index (χ1n) is 7.02. The molecule has 108 valence electrons. The van der Waals surface area contributed by atoms with Crippen molar-refractivity contribution in [3.63, 3.8) is 0 Å². The molecule has 0 spiro atoms. The highest BCUT2D eigenvalue weighted by Crippen LogP contribution is 2.35. The van der Waals surface area contributed by atoms with Gasteiger partial charge in [-0.3, -0.25) is 0 Å². The predicted molar refractivity (Wildman–Crippen MR) is 81.0 cm³/mol. The monoisotopic (exact) mass is 264 g/mol. The number of hydrogen-bond acceptors (Lipinski definition) is 2. The van der Waals surface area contributed by atoms with Gasteiger partial charge in [0.1, 0.15) is 5.75 Å². The van der Waals surface area contributed by atoms with Gasteiger partial charge >= 0.3 is 0 Å². The van der Waals surface area contributed by atoms with E-state index in [2.05, 4.69) is 59.7 Å². The van der Waals surface area contributed by atoms with Crippen LogP contribution in [0.25, 0.3) is 0 Å². The molecule has 0 heterocycles. The van der Waals surface area contributed by atoms with Crippen LogP contribution in [0.2, 0.25) is 0 Å². The molecule has 0 N–H and O–H groups in total. The first-order valence-corrected chi connectivity index (χ1v) is 7.02. The lowest BCUT2D eigenvalue weighted by Crippen LogP contribution is -2.18. The molecule has 1 aromatic carbocycles. The normalized spacial score (nSPS) is 12.6. The highest BCUT2D eigenvalue weighted by molar-refractivity contribution is 5.43. The summed E-state index contributed by atoms with van der Waals surface area (Å²) >= 11 is 0. The van der Waals surface area contributed by atoms with Crippen molar-refractivity contribution in [3.8, 4) is 5.75 Å². The van der Waals surface area contributed by atoms with E-state index in [9.17, 15) is 0 Å². The van der Waals surface area contributed by atoms with Gasteiger partial charge in [-0.25, -0.2) is 0 Å². The first kappa shape index (κ1) is 16.0. The zero-order chi connectivity index (χ0) is 14.7. The molecule has 0 radical (unpaired) electrons. The number of benzene rings is 1. The molecule has 0 amide bonds. The Morgan fingerprint density at radius 2 is 1.58 bits per heavy atom. The van der Waals surface area contributed by atoms with Crippen LogP contribution in [0.1, 0.15) is 59.6 Å². The van der Waals surface area contributed by atoms with Gasteiger partial charge in [0.2, 0.25) is 0 Å². The smallest absolute Gasteiger partial charge is 0.189 e. The molecule has 0 bridgehead atoms. The van der Waals surface area contributed by atoms with Gasteiger partial charge in [0.15, 0.2) is 6.79 Å². The Morgan fingerprint density at radius 3 is 2.05 bits per heavy atom. The first-order chi connectivity index (χ1) is 8.66. The molecule has 19 heavy (non-hydrogen) atoms. The van der Waals surface area contributed by atoms with Crippen LogP contribution in [0.3, 0.4) is 0 Å². The Labute approximate surface area is 118 Å². The molecule has 0 atom stereocenters. The summed E-state index contributed by atoms with van der Waals surface area (Å²) in [5, 5.41) is 0. The summed E-state index contributed by atoms with van der Waals surface area (Å²) < 4.78 is 11.0. The Morgan fingerprint density at radius 1 is 0.947 bits per heavy atom. The van der Waals surface area contributed by atoms with Gasteiger partial charge in [-0.15, -0.1) is 0 Å². The molecule has 1 aromatic rings. The van der Waals surface area contributed by atoms with Gasteiger partial charge < -0.3 is 9.47 Å². The molecule has 0 saturated heterocycles. The largest absolute Gasteiger partial charge is 0.467 e. The van der Waals surface area contributed by atoms with E-state index >= 15 is 0 Å². The van der Waals surface area contributed by atoms with E-state index in [-0.39, 0.29) is 10.8 Å². The molecule has 0 aromatic heterocycles. The van der Waals surface area contributed by atoms with Crippen molar-refractivity contribution in [1.82, 2.24) is 0 Å². The summed E-state index contributed by atoms with van der Waals surface area (Å²) in [7, 11) is 0. The van der Waals surface area contributed by atoms with E-state index in [1.165, 1.54) is 11.1 Å². The third-order valence-corrected chi connectivity index (χ3v) is 3.16. The topological polar surface area (TPSA) is 18.5 Å². The lowest BCUT2D eigenvalue weighted by molar-refractivity contribution is 0.0213. The van der Waals surface area contributed by atoms with Crippen molar-refractivity contribution < 1.29 is 9.47 Å². The number of ether oxygens (including phenoxy) is 2. The second kappa shape index (κ2) is 5.96. The Bertz CT molecular complexity index is 408. The summed E-state index contributed by atoms with van der Waals surface area (Å²) in [5.74, 6) is 0.925. The highest BCUT2D eigenvalue weighted by Gasteiger charge is 2.22. The van der Waals surface area contributed by atoms with Gasteiger partial charge in [0.25, 0.3) is 0 Å². The zero-order valence-corrected chi connectivity index (χ0v) is 13.5. The van der Waals surface area contributed by atoms with Gasteiger partial charge in [-0.1, -0.05) is 53.7 Å². The fourth-order valence-electron chi connectivity index (χ4n) is 1.90. The highest BCUT2D eigenvalue weighted by atomic mass is 16.7. The van der Waals surface area contributed by atoms with Crippen molar-refractivity contribution in [1.29, 1.82) is 0 Å². The van der Waals surface area contributed by atoms with E-state index in [1.807, 2.05) is 6.92 Å². The van der Waals surface area contributed by atoms with E-state index in [4.69, 9.17) is 9.47 Å². The minimum atomic E-state index is 0.0583. The van der Waals surface area contributed by atoms with Crippen molar-refractivity contribution in [2.75, 3.05) is 13.4 Å². The Balaban J connectivity index is 3.11. The standard InChI is InChI=1S/C17H28O2/c1-8-18-12-19-15-10-9-13(16(2,3)4)11-14(15)17(5,6)7/h9-11H,8,12H2,1-7H3. The van der Waals surface area contributed by atoms with Crippen LogP contribution in [-0.2, 0) is 15.6 Å². The van der Waals surface area contributed by atoms with Gasteiger partial charge in [0, 0.05) is 6.61 Å². The molecular weight excluding hydrogens is 236 g/mol. The molecule has 0 saturated carbocycles. The molecule has 2 nitrogen and oxygen atoms in total. The summed E-state index contributed by atoms with van der Waals surface area (Å²) in [6, 6.07) is 6.48. The number of rotatable bonds is 4. The van der Waals surface area contributed by atoms with E-state index in [1.54, 1.807) is 0 Å². The van der Waals surface area contributed by atoms with E-state index in [0.29, 0.717) is 13.4 Å². The van der Waals surface area contributed by atoms with Gasteiger partial charge in [-0.05, 0) is 34.9 Å². The van der Waals surface area contributed by atoms with Crippen LogP contribution in [0.5, 0.6) is 5.75 Å². The van der Waals surface area contributed by atoms with Gasteiger partial charge in [0.05, 0.1) is 0 Å².